The molecule has 2 aromatic rings. The van der Waals surface area contributed by atoms with Crippen molar-refractivity contribution in [2.24, 2.45) is 0 Å². The summed E-state index contributed by atoms with van der Waals surface area (Å²) in [5, 5.41) is 10.6. The normalized spacial score (nSPS) is 15.9. The number of aryl methyl sites for hydroxylation is 3. The second kappa shape index (κ2) is 9.03. The van der Waals surface area contributed by atoms with Crippen molar-refractivity contribution in [1.29, 1.82) is 0 Å². The molecule has 2 aromatic heterocycles. The number of hydrogen-bond acceptors (Lipinski definition) is 4. The quantitative estimate of drug-likeness (QED) is 0.643. The lowest BCUT2D eigenvalue weighted by atomic mass is 9.81. The van der Waals surface area contributed by atoms with Crippen molar-refractivity contribution in [1.82, 2.24) is 30.4 Å². The minimum Gasteiger partial charge on any atom is -0.352 e. The van der Waals surface area contributed by atoms with Gasteiger partial charge < -0.3 is 15.6 Å². The number of aromatic amines is 1. The first-order chi connectivity index (χ1) is 13.5. The number of nitrogens with one attached hydrogen (secondary N) is 3. The van der Waals surface area contributed by atoms with Gasteiger partial charge in [-0.1, -0.05) is 19.3 Å². The number of amides is 2. The van der Waals surface area contributed by atoms with Gasteiger partial charge in [0, 0.05) is 37.5 Å². The second-order valence-electron chi connectivity index (χ2n) is 7.79. The predicted octanol–water partition coefficient (Wildman–Crippen LogP) is 1.79. The zero-order chi connectivity index (χ0) is 20.0. The topological polar surface area (TPSA) is 105 Å². The Hall–Kier alpha value is -2.64. The maximum absolute atomic E-state index is 12.5. The van der Waals surface area contributed by atoms with Crippen LogP contribution in [-0.2, 0) is 22.6 Å². The average molecular weight is 387 g/mol. The van der Waals surface area contributed by atoms with Crippen LogP contribution in [0.25, 0.3) is 0 Å². The van der Waals surface area contributed by atoms with Crippen LogP contribution in [0.5, 0.6) is 0 Å². The van der Waals surface area contributed by atoms with Crippen LogP contribution in [0, 0.1) is 13.8 Å². The number of H-pyrrole nitrogens is 1. The zero-order valence-corrected chi connectivity index (χ0v) is 16.8. The van der Waals surface area contributed by atoms with Crippen molar-refractivity contribution < 1.29 is 9.59 Å². The molecule has 0 bridgehead atoms. The Morgan fingerprint density at radius 1 is 1.21 bits per heavy atom. The van der Waals surface area contributed by atoms with E-state index in [0.29, 0.717) is 19.4 Å². The number of imidazole rings is 1. The van der Waals surface area contributed by atoms with Crippen LogP contribution in [0.4, 0.5) is 0 Å². The van der Waals surface area contributed by atoms with Crippen LogP contribution in [0.3, 0.4) is 0 Å². The first-order valence-electron chi connectivity index (χ1n) is 10.0. The van der Waals surface area contributed by atoms with E-state index >= 15 is 0 Å². The summed E-state index contributed by atoms with van der Waals surface area (Å²) in [6.45, 7) is 4.51. The molecule has 152 valence electrons. The van der Waals surface area contributed by atoms with E-state index in [2.05, 4.69) is 25.7 Å². The van der Waals surface area contributed by atoms with Gasteiger partial charge in [-0.25, -0.2) is 4.98 Å². The molecule has 3 rings (SSSR count). The smallest absolute Gasteiger partial charge is 0.241 e. The predicted molar refractivity (Wildman–Crippen MR) is 106 cm³/mol. The molecular weight excluding hydrogens is 356 g/mol. The van der Waals surface area contributed by atoms with Gasteiger partial charge in [0.15, 0.2) is 0 Å². The molecule has 0 radical (unpaired) electrons. The van der Waals surface area contributed by atoms with Gasteiger partial charge in [0.05, 0.1) is 11.2 Å². The fourth-order valence-corrected chi connectivity index (χ4v) is 3.89. The van der Waals surface area contributed by atoms with E-state index in [0.717, 1.165) is 42.9 Å². The minimum atomic E-state index is -0.358. The fraction of sp³-hybridized carbons (Fsp3) is 0.600. The molecular formula is C20H30N6O2. The molecule has 0 saturated heterocycles. The molecule has 2 amide bonds. The van der Waals surface area contributed by atoms with Gasteiger partial charge in [0.2, 0.25) is 11.8 Å². The van der Waals surface area contributed by atoms with E-state index in [9.17, 15) is 9.59 Å². The van der Waals surface area contributed by atoms with Gasteiger partial charge in [-0.2, -0.15) is 5.10 Å². The van der Waals surface area contributed by atoms with Gasteiger partial charge in [0.1, 0.15) is 12.4 Å². The number of carbonyl (C=O) groups excluding carboxylic acids is 2. The zero-order valence-electron chi connectivity index (χ0n) is 16.8. The van der Waals surface area contributed by atoms with Crippen molar-refractivity contribution in [3.05, 3.63) is 35.7 Å². The lowest BCUT2D eigenvalue weighted by molar-refractivity contribution is -0.125. The Kier molecular flexibility index (Phi) is 6.49. The number of hydrogen-bond donors (Lipinski definition) is 3. The third-order valence-corrected chi connectivity index (χ3v) is 5.38. The van der Waals surface area contributed by atoms with Crippen LogP contribution in [0.15, 0.2) is 18.5 Å². The molecule has 8 nitrogen and oxygen atoms in total. The van der Waals surface area contributed by atoms with Gasteiger partial charge in [0.25, 0.3) is 0 Å². The highest BCUT2D eigenvalue weighted by Gasteiger charge is 2.33. The molecule has 28 heavy (non-hydrogen) atoms. The molecule has 1 saturated carbocycles. The molecule has 0 aliphatic heterocycles. The first-order valence-corrected chi connectivity index (χ1v) is 10.0. The fourth-order valence-electron chi connectivity index (χ4n) is 3.89. The van der Waals surface area contributed by atoms with Gasteiger partial charge in [-0.05, 0) is 32.8 Å². The van der Waals surface area contributed by atoms with Crippen LogP contribution in [-0.4, -0.2) is 43.6 Å². The molecule has 1 fully saturated rings. The van der Waals surface area contributed by atoms with E-state index < -0.39 is 0 Å². The Morgan fingerprint density at radius 3 is 2.64 bits per heavy atom. The summed E-state index contributed by atoms with van der Waals surface area (Å²) >= 11 is 0. The Balaban J connectivity index is 1.54. The molecule has 0 aromatic carbocycles. The maximum Gasteiger partial charge on any atom is 0.241 e. The van der Waals surface area contributed by atoms with Crippen molar-refractivity contribution in [3.63, 3.8) is 0 Å². The van der Waals surface area contributed by atoms with E-state index in [1.54, 1.807) is 17.1 Å². The van der Waals surface area contributed by atoms with Gasteiger partial charge >= 0.3 is 0 Å². The first kappa shape index (κ1) is 20.1. The number of aromatic nitrogens is 4. The molecule has 0 atom stereocenters. The molecule has 0 unspecified atom stereocenters. The molecule has 0 spiro atoms. The van der Waals surface area contributed by atoms with E-state index in [-0.39, 0.29) is 23.9 Å². The monoisotopic (exact) mass is 386 g/mol. The lowest BCUT2D eigenvalue weighted by Gasteiger charge is -2.38. The summed E-state index contributed by atoms with van der Waals surface area (Å²) in [5.74, 6) is 0.734. The van der Waals surface area contributed by atoms with E-state index in [1.165, 1.54) is 6.42 Å². The SMILES string of the molecule is Cc1cc(C)n(CC(=O)NCC2(NC(=O)CCc3ncc[nH]3)CCCCC2)n1. The summed E-state index contributed by atoms with van der Waals surface area (Å²) in [6, 6.07) is 1.95. The number of rotatable bonds is 8. The summed E-state index contributed by atoms with van der Waals surface area (Å²) in [5.41, 5.74) is 1.51. The standard InChI is InChI=1S/C20H30N6O2/c1-15-12-16(2)26(25-15)13-19(28)23-14-20(8-4-3-5-9-20)24-18(27)7-6-17-21-10-11-22-17/h10-12H,3-9,13-14H2,1-2H3,(H,21,22)(H,23,28)(H,24,27). The van der Waals surface area contributed by atoms with Crippen LogP contribution in [0.2, 0.25) is 0 Å². The number of carbonyl (C=O) groups is 2. The summed E-state index contributed by atoms with van der Waals surface area (Å²) < 4.78 is 1.71. The molecule has 3 N–H and O–H groups in total. The third kappa shape index (κ3) is 5.43. The Morgan fingerprint density at radius 2 is 2.00 bits per heavy atom. The van der Waals surface area contributed by atoms with Crippen LogP contribution < -0.4 is 10.6 Å². The van der Waals surface area contributed by atoms with Crippen LogP contribution in [0.1, 0.15) is 55.7 Å². The second-order valence-corrected chi connectivity index (χ2v) is 7.79. The van der Waals surface area contributed by atoms with Crippen LogP contribution >= 0.6 is 0 Å². The number of nitrogens with zero attached hydrogens (tertiary/aromatic N) is 3. The Labute approximate surface area is 165 Å². The highest BCUT2D eigenvalue weighted by atomic mass is 16.2. The highest BCUT2D eigenvalue weighted by Crippen LogP contribution is 2.28. The molecule has 2 heterocycles. The van der Waals surface area contributed by atoms with E-state index in [1.807, 2.05) is 19.9 Å². The minimum absolute atomic E-state index is 0.00564. The summed E-state index contributed by atoms with van der Waals surface area (Å²) in [7, 11) is 0. The summed E-state index contributed by atoms with van der Waals surface area (Å²) in [4.78, 5) is 32.1. The molecule has 1 aliphatic rings. The lowest BCUT2D eigenvalue weighted by Crippen LogP contribution is -2.57. The van der Waals surface area contributed by atoms with Gasteiger partial charge in [-0.15, -0.1) is 0 Å². The average Bonchev–Trinajstić information content (AvgIpc) is 3.29. The largest absolute Gasteiger partial charge is 0.352 e. The molecule has 8 heteroatoms. The van der Waals surface area contributed by atoms with Crippen molar-refractivity contribution in [2.45, 2.75) is 70.9 Å². The highest BCUT2D eigenvalue weighted by molar-refractivity contribution is 5.78. The maximum atomic E-state index is 12.5. The van der Waals surface area contributed by atoms with E-state index in [4.69, 9.17) is 0 Å². The van der Waals surface area contributed by atoms with Crippen molar-refractivity contribution >= 4 is 11.8 Å². The molecule has 1 aliphatic carbocycles. The van der Waals surface area contributed by atoms with Crippen molar-refractivity contribution in [2.75, 3.05) is 6.54 Å². The Bertz CT molecular complexity index is 790. The third-order valence-electron chi connectivity index (χ3n) is 5.38. The summed E-state index contributed by atoms with van der Waals surface area (Å²) in [6.07, 6.45) is 9.48. The van der Waals surface area contributed by atoms with Crippen molar-refractivity contribution in [3.8, 4) is 0 Å². The van der Waals surface area contributed by atoms with Gasteiger partial charge in [-0.3, -0.25) is 14.3 Å².